The minimum Gasteiger partial charge on any atom is -0.395 e. The van der Waals surface area contributed by atoms with E-state index in [2.05, 4.69) is 0 Å². The SMILES string of the molecule is COC1CN(S(=O)(=O)c2cccc(F)c2N)CC1OC. The Hall–Kier alpha value is -1.22. The summed E-state index contributed by atoms with van der Waals surface area (Å²) in [7, 11) is -0.891. The lowest BCUT2D eigenvalue weighted by Crippen LogP contribution is -2.31. The lowest BCUT2D eigenvalue weighted by atomic mass is 10.3. The number of nitrogens with zero attached hydrogens (tertiary/aromatic N) is 1. The first kappa shape index (κ1) is 15.2. The Labute approximate surface area is 117 Å². The van der Waals surface area contributed by atoms with Crippen LogP contribution in [0.2, 0.25) is 0 Å². The van der Waals surface area contributed by atoms with E-state index in [1.807, 2.05) is 0 Å². The Kier molecular flexibility index (Phi) is 4.28. The van der Waals surface area contributed by atoms with E-state index in [0.29, 0.717) is 0 Å². The number of hydrogen-bond donors (Lipinski definition) is 1. The molecule has 1 aliphatic rings. The van der Waals surface area contributed by atoms with E-state index in [-0.39, 0.29) is 35.9 Å². The topological polar surface area (TPSA) is 81.9 Å². The average molecular weight is 304 g/mol. The normalized spacial score (nSPS) is 24.1. The predicted octanol–water partition coefficient (Wildman–Crippen LogP) is 0.442. The van der Waals surface area contributed by atoms with Gasteiger partial charge in [0.2, 0.25) is 10.0 Å². The molecule has 0 bridgehead atoms. The number of para-hydroxylation sites is 1. The highest BCUT2D eigenvalue weighted by atomic mass is 32.2. The molecule has 112 valence electrons. The molecule has 1 aromatic carbocycles. The van der Waals surface area contributed by atoms with Crippen molar-refractivity contribution in [2.45, 2.75) is 17.1 Å². The van der Waals surface area contributed by atoms with Crippen LogP contribution < -0.4 is 5.73 Å². The summed E-state index contributed by atoms with van der Waals surface area (Å²) in [5, 5.41) is 0. The van der Waals surface area contributed by atoms with Crippen molar-refractivity contribution in [3.05, 3.63) is 24.0 Å². The van der Waals surface area contributed by atoms with Gasteiger partial charge in [0.1, 0.15) is 10.7 Å². The van der Waals surface area contributed by atoms with Crippen LogP contribution in [-0.4, -0.2) is 52.2 Å². The Morgan fingerprint density at radius 1 is 1.25 bits per heavy atom. The predicted molar refractivity (Wildman–Crippen MR) is 71.2 cm³/mol. The first-order valence-corrected chi connectivity index (χ1v) is 7.45. The number of rotatable bonds is 4. The van der Waals surface area contributed by atoms with Gasteiger partial charge >= 0.3 is 0 Å². The maximum atomic E-state index is 13.4. The van der Waals surface area contributed by atoms with Crippen molar-refractivity contribution in [2.75, 3.05) is 33.0 Å². The first-order chi connectivity index (χ1) is 9.41. The van der Waals surface area contributed by atoms with Crippen LogP contribution in [0, 0.1) is 5.82 Å². The molecule has 0 radical (unpaired) electrons. The Morgan fingerprint density at radius 3 is 2.30 bits per heavy atom. The zero-order valence-corrected chi connectivity index (χ0v) is 12.1. The molecule has 20 heavy (non-hydrogen) atoms. The number of benzene rings is 1. The molecule has 2 atom stereocenters. The lowest BCUT2D eigenvalue weighted by Gasteiger charge is -2.17. The van der Waals surface area contributed by atoms with Gasteiger partial charge in [0.05, 0.1) is 17.9 Å². The Balaban J connectivity index is 2.35. The van der Waals surface area contributed by atoms with E-state index < -0.39 is 15.8 Å². The van der Waals surface area contributed by atoms with Gasteiger partial charge in [0, 0.05) is 27.3 Å². The molecule has 1 aromatic rings. The summed E-state index contributed by atoms with van der Waals surface area (Å²) < 4.78 is 50.0. The highest BCUT2D eigenvalue weighted by Crippen LogP contribution is 2.28. The van der Waals surface area contributed by atoms with Crippen molar-refractivity contribution < 1.29 is 22.3 Å². The number of nitrogen functional groups attached to an aromatic ring is 1. The van der Waals surface area contributed by atoms with Gasteiger partial charge in [0.15, 0.2) is 0 Å². The molecule has 2 N–H and O–H groups in total. The van der Waals surface area contributed by atoms with Crippen LogP contribution in [0.25, 0.3) is 0 Å². The van der Waals surface area contributed by atoms with Gasteiger partial charge in [-0.05, 0) is 12.1 Å². The summed E-state index contributed by atoms with van der Waals surface area (Å²) >= 11 is 0. The van der Waals surface area contributed by atoms with Gasteiger partial charge in [-0.25, -0.2) is 12.8 Å². The Morgan fingerprint density at radius 2 is 1.80 bits per heavy atom. The number of nitrogens with two attached hydrogens (primary N) is 1. The molecule has 6 nitrogen and oxygen atoms in total. The van der Waals surface area contributed by atoms with Crippen molar-refractivity contribution in [2.24, 2.45) is 0 Å². The van der Waals surface area contributed by atoms with Crippen molar-refractivity contribution >= 4 is 15.7 Å². The molecule has 1 aliphatic heterocycles. The summed E-state index contributed by atoms with van der Waals surface area (Å²) in [6.07, 6.45) is -0.714. The molecule has 1 heterocycles. The number of hydrogen-bond acceptors (Lipinski definition) is 5. The van der Waals surface area contributed by atoms with E-state index in [1.54, 1.807) is 0 Å². The van der Waals surface area contributed by atoms with Gasteiger partial charge in [0.25, 0.3) is 0 Å². The third kappa shape index (κ3) is 2.51. The fraction of sp³-hybridized carbons (Fsp3) is 0.500. The van der Waals surface area contributed by atoms with E-state index in [1.165, 1.54) is 30.7 Å². The fourth-order valence-electron chi connectivity index (χ4n) is 2.24. The summed E-state index contributed by atoms with van der Waals surface area (Å²) in [6, 6.07) is 3.72. The third-order valence-corrected chi connectivity index (χ3v) is 5.31. The molecular weight excluding hydrogens is 287 g/mol. The molecule has 1 saturated heterocycles. The third-order valence-electron chi connectivity index (χ3n) is 3.42. The van der Waals surface area contributed by atoms with E-state index >= 15 is 0 Å². The molecule has 0 saturated carbocycles. The van der Waals surface area contributed by atoms with Gasteiger partial charge in [-0.3, -0.25) is 0 Å². The molecule has 0 spiro atoms. The van der Waals surface area contributed by atoms with Crippen LogP contribution in [0.1, 0.15) is 0 Å². The Bertz CT molecular complexity index is 581. The summed E-state index contributed by atoms with van der Waals surface area (Å²) in [6.45, 7) is 0.292. The standard InChI is InChI=1S/C12H17FN2O4S/c1-18-9-6-15(7-10(9)19-2)20(16,17)11-5-3-4-8(13)12(11)14/h3-5,9-10H,6-7,14H2,1-2H3. The van der Waals surface area contributed by atoms with E-state index in [4.69, 9.17) is 15.2 Å². The van der Waals surface area contributed by atoms with Gasteiger partial charge in [-0.1, -0.05) is 6.07 Å². The van der Waals surface area contributed by atoms with Crippen molar-refractivity contribution in [1.29, 1.82) is 0 Å². The van der Waals surface area contributed by atoms with Crippen molar-refractivity contribution in [3.8, 4) is 0 Å². The van der Waals surface area contributed by atoms with E-state index in [0.717, 1.165) is 6.07 Å². The highest BCUT2D eigenvalue weighted by Gasteiger charge is 2.40. The molecule has 2 unspecified atom stereocenters. The van der Waals surface area contributed by atoms with Crippen LogP contribution in [0.4, 0.5) is 10.1 Å². The van der Waals surface area contributed by atoms with E-state index in [9.17, 15) is 12.8 Å². The number of halogens is 1. The first-order valence-electron chi connectivity index (χ1n) is 6.01. The zero-order valence-electron chi connectivity index (χ0n) is 11.2. The van der Waals surface area contributed by atoms with Gasteiger partial charge < -0.3 is 15.2 Å². The number of anilines is 1. The van der Waals surface area contributed by atoms with Gasteiger partial charge in [-0.2, -0.15) is 4.31 Å². The average Bonchev–Trinajstić information content (AvgIpc) is 2.85. The van der Waals surface area contributed by atoms with Crippen LogP contribution in [0.3, 0.4) is 0 Å². The molecular formula is C12H17FN2O4S. The van der Waals surface area contributed by atoms with Crippen molar-refractivity contribution in [3.63, 3.8) is 0 Å². The van der Waals surface area contributed by atoms with Crippen LogP contribution in [0.5, 0.6) is 0 Å². The smallest absolute Gasteiger partial charge is 0.245 e. The monoisotopic (exact) mass is 304 g/mol. The molecule has 2 rings (SSSR count). The second kappa shape index (κ2) is 5.65. The second-order valence-electron chi connectivity index (χ2n) is 4.52. The molecule has 1 fully saturated rings. The second-order valence-corrected chi connectivity index (χ2v) is 6.43. The molecule has 0 aliphatic carbocycles. The van der Waals surface area contributed by atoms with Crippen LogP contribution in [0.15, 0.2) is 23.1 Å². The highest BCUT2D eigenvalue weighted by molar-refractivity contribution is 7.89. The molecule has 0 aromatic heterocycles. The lowest BCUT2D eigenvalue weighted by molar-refractivity contribution is -0.00461. The number of ether oxygens (including phenoxy) is 2. The minimum absolute atomic E-state index is 0.146. The summed E-state index contributed by atoms with van der Waals surface area (Å²) in [5.41, 5.74) is 5.15. The molecule has 0 amide bonds. The summed E-state index contributed by atoms with van der Waals surface area (Å²) in [4.78, 5) is -0.232. The van der Waals surface area contributed by atoms with Crippen LogP contribution >= 0.6 is 0 Å². The van der Waals surface area contributed by atoms with Crippen molar-refractivity contribution in [1.82, 2.24) is 4.31 Å². The summed E-state index contributed by atoms with van der Waals surface area (Å²) in [5.74, 6) is -0.753. The maximum Gasteiger partial charge on any atom is 0.245 e. The quantitative estimate of drug-likeness (QED) is 0.816. The number of methoxy groups -OCH3 is 2. The van der Waals surface area contributed by atoms with Gasteiger partial charge in [-0.15, -0.1) is 0 Å². The fourth-order valence-corrected chi connectivity index (χ4v) is 3.83. The minimum atomic E-state index is -3.87. The van der Waals surface area contributed by atoms with Crippen LogP contribution in [-0.2, 0) is 19.5 Å². The number of sulfonamides is 1. The maximum absolute atomic E-state index is 13.4. The molecule has 8 heteroatoms. The largest absolute Gasteiger partial charge is 0.395 e. The zero-order chi connectivity index (χ0) is 14.9.